The van der Waals surface area contributed by atoms with Gasteiger partial charge in [-0.1, -0.05) is 12.8 Å². The van der Waals surface area contributed by atoms with E-state index in [9.17, 15) is 14.7 Å². The molecule has 2 heterocycles. The van der Waals surface area contributed by atoms with Crippen LogP contribution in [-0.4, -0.2) is 32.7 Å². The SMILES string of the molecule is O=C(Cn1cnc2sccc2c1=O)N[C@@H]1CCCC[C@H]1O. The molecule has 2 N–H and O–H groups in total. The van der Waals surface area contributed by atoms with Crippen LogP contribution in [0.3, 0.4) is 0 Å². The molecule has 1 saturated carbocycles. The largest absolute Gasteiger partial charge is 0.391 e. The van der Waals surface area contributed by atoms with Crippen molar-refractivity contribution in [3.63, 3.8) is 0 Å². The van der Waals surface area contributed by atoms with Crippen molar-refractivity contribution in [3.8, 4) is 0 Å². The molecule has 7 heteroatoms. The lowest BCUT2D eigenvalue weighted by Crippen LogP contribution is -2.46. The molecule has 2 atom stereocenters. The second kappa shape index (κ2) is 5.95. The molecule has 0 saturated heterocycles. The number of amides is 1. The molecular formula is C14H17N3O3S. The van der Waals surface area contributed by atoms with Gasteiger partial charge in [-0.15, -0.1) is 11.3 Å². The summed E-state index contributed by atoms with van der Waals surface area (Å²) in [7, 11) is 0. The Labute approximate surface area is 125 Å². The van der Waals surface area contributed by atoms with E-state index in [1.54, 1.807) is 6.07 Å². The summed E-state index contributed by atoms with van der Waals surface area (Å²) in [5.74, 6) is -0.264. The van der Waals surface area contributed by atoms with Gasteiger partial charge in [-0.25, -0.2) is 4.98 Å². The van der Waals surface area contributed by atoms with E-state index in [0.29, 0.717) is 16.6 Å². The van der Waals surface area contributed by atoms with E-state index in [4.69, 9.17) is 0 Å². The third-order valence-electron chi connectivity index (χ3n) is 3.84. The Morgan fingerprint density at radius 1 is 1.48 bits per heavy atom. The molecule has 1 aliphatic rings. The Kier molecular flexibility index (Phi) is 4.03. The first-order valence-corrected chi connectivity index (χ1v) is 7.93. The number of fused-ring (bicyclic) bond motifs is 1. The Morgan fingerprint density at radius 2 is 2.29 bits per heavy atom. The number of carbonyl (C=O) groups is 1. The summed E-state index contributed by atoms with van der Waals surface area (Å²) in [5, 5.41) is 15.0. The van der Waals surface area contributed by atoms with Crippen molar-refractivity contribution in [1.82, 2.24) is 14.9 Å². The lowest BCUT2D eigenvalue weighted by molar-refractivity contribution is -0.123. The third kappa shape index (κ3) is 2.98. The van der Waals surface area contributed by atoms with Crippen LogP contribution in [-0.2, 0) is 11.3 Å². The molecule has 2 aromatic heterocycles. The number of carbonyl (C=O) groups excluding carboxylic acids is 1. The normalized spacial score (nSPS) is 22.3. The second-order valence-corrected chi connectivity index (χ2v) is 6.24. The van der Waals surface area contributed by atoms with Crippen molar-refractivity contribution >= 4 is 27.5 Å². The first-order chi connectivity index (χ1) is 10.1. The standard InChI is InChI=1S/C14H17N3O3S/c18-11-4-2-1-3-10(11)16-12(19)7-17-8-15-13-9(14(17)20)5-6-21-13/h5-6,8,10-11,18H,1-4,7H2,(H,16,19)/t10-,11-/m1/s1. The molecule has 1 amide bonds. The Hall–Kier alpha value is -1.73. The molecule has 0 spiro atoms. The molecule has 1 fully saturated rings. The maximum atomic E-state index is 12.2. The fourth-order valence-corrected chi connectivity index (χ4v) is 3.42. The summed E-state index contributed by atoms with van der Waals surface area (Å²) in [5.41, 5.74) is -0.208. The Morgan fingerprint density at radius 3 is 3.10 bits per heavy atom. The highest BCUT2D eigenvalue weighted by atomic mass is 32.1. The van der Waals surface area contributed by atoms with Gasteiger partial charge in [0.05, 0.1) is 23.9 Å². The molecule has 2 aromatic rings. The zero-order chi connectivity index (χ0) is 14.8. The van der Waals surface area contributed by atoms with Crippen molar-refractivity contribution in [1.29, 1.82) is 0 Å². The van der Waals surface area contributed by atoms with Crippen LogP contribution >= 0.6 is 11.3 Å². The van der Waals surface area contributed by atoms with Crippen molar-refractivity contribution in [2.45, 2.75) is 44.4 Å². The van der Waals surface area contributed by atoms with Gasteiger partial charge in [-0.2, -0.15) is 0 Å². The first kappa shape index (κ1) is 14.2. The minimum absolute atomic E-state index is 0.0686. The average molecular weight is 307 g/mol. The monoisotopic (exact) mass is 307 g/mol. The van der Waals surface area contributed by atoms with Crippen LogP contribution in [0, 0.1) is 0 Å². The van der Waals surface area contributed by atoms with E-state index in [1.165, 1.54) is 22.2 Å². The van der Waals surface area contributed by atoms with Crippen LogP contribution in [0.25, 0.3) is 10.2 Å². The minimum atomic E-state index is -0.489. The highest BCUT2D eigenvalue weighted by molar-refractivity contribution is 7.16. The number of nitrogens with one attached hydrogen (secondary N) is 1. The van der Waals surface area contributed by atoms with Crippen LogP contribution in [0.15, 0.2) is 22.6 Å². The van der Waals surface area contributed by atoms with Crippen molar-refractivity contribution in [2.75, 3.05) is 0 Å². The van der Waals surface area contributed by atoms with Crippen LogP contribution < -0.4 is 10.9 Å². The zero-order valence-corrected chi connectivity index (χ0v) is 12.3. The number of rotatable bonds is 3. The van der Waals surface area contributed by atoms with E-state index in [1.807, 2.05) is 5.38 Å². The molecule has 0 aliphatic heterocycles. The average Bonchev–Trinajstić information content (AvgIpc) is 2.94. The van der Waals surface area contributed by atoms with E-state index in [-0.39, 0.29) is 24.1 Å². The molecule has 1 aliphatic carbocycles. The van der Waals surface area contributed by atoms with E-state index >= 15 is 0 Å². The van der Waals surface area contributed by atoms with Crippen molar-refractivity contribution in [3.05, 3.63) is 28.1 Å². The molecule has 0 unspecified atom stereocenters. The van der Waals surface area contributed by atoms with Crippen LogP contribution in [0.1, 0.15) is 25.7 Å². The van der Waals surface area contributed by atoms with E-state index in [0.717, 1.165) is 19.3 Å². The molecular weight excluding hydrogens is 290 g/mol. The Balaban J connectivity index is 1.71. The van der Waals surface area contributed by atoms with Crippen LogP contribution in [0.2, 0.25) is 0 Å². The Bertz CT molecular complexity index is 709. The van der Waals surface area contributed by atoms with E-state index in [2.05, 4.69) is 10.3 Å². The summed E-state index contributed by atoms with van der Waals surface area (Å²) < 4.78 is 1.31. The van der Waals surface area contributed by atoms with Gasteiger partial charge >= 0.3 is 0 Å². The highest BCUT2D eigenvalue weighted by Crippen LogP contribution is 2.18. The fraction of sp³-hybridized carbons (Fsp3) is 0.500. The first-order valence-electron chi connectivity index (χ1n) is 7.05. The maximum Gasteiger partial charge on any atom is 0.262 e. The smallest absolute Gasteiger partial charge is 0.262 e. The fourth-order valence-electron chi connectivity index (χ4n) is 2.69. The van der Waals surface area contributed by atoms with Gasteiger partial charge in [0.2, 0.25) is 5.91 Å². The molecule has 3 rings (SSSR count). The van der Waals surface area contributed by atoms with Gasteiger partial charge < -0.3 is 10.4 Å². The summed E-state index contributed by atoms with van der Waals surface area (Å²) in [6.07, 6.45) is 4.40. The van der Waals surface area contributed by atoms with Crippen LogP contribution in [0.4, 0.5) is 0 Å². The zero-order valence-electron chi connectivity index (χ0n) is 11.5. The molecule has 21 heavy (non-hydrogen) atoms. The van der Waals surface area contributed by atoms with Gasteiger partial charge in [-0.05, 0) is 24.3 Å². The summed E-state index contributed by atoms with van der Waals surface area (Å²) in [6, 6.07) is 1.51. The van der Waals surface area contributed by atoms with Gasteiger partial charge in [-0.3, -0.25) is 14.2 Å². The van der Waals surface area contributed by atoms with Crippen molar-refractivity contribution < 1.29 is 9.90 Å². The lowest BCUT2D eigenvalue weighted by atomic mass is 9.92. The van der Waals surface area contributed by atoms with Crippen LogP contribution in [0.5, 0.6) is 0 Å². The molecule has 0 radical (unpaired) electrons. The highest BCUT2D eigenvalue weighted by Gasteiger charge is 2.24. The summed E-state index contributed by atoms with van der Waals surface area (Å²) >= 11 is 1.40. The lowest BCUT2D eigenvalue weighted by Gasteiger charge is -2.28. The number of hydrogen-bond acceptors (Lipinski definition) is 5. The molecule has 6 nitrogen and oxygen atoms in total. The van der Waals surface area contributed by atoms with E-state index < -0.39 is 6.10 Å². The second-order valence-electron chi connectivity index (χ2n) is 5.34. The van der Waals surface area contributed by atoms with Crippen molar-refractivity contribution in [2.24, 2.45) is 0 Å². The summed E-state index contributed by atoms with van der Waals surface area (Å²) in [6.45, 7) is -0.0686. The number of aliphatic hydroxyl groups excluding tert-OH is 1. The van der Waals surface area contributed by atoms with Gasteiger partial charge in [0, 0.05) is 0 Å². The number of nitrogens with zero attached hydrogens (tertiary/aromatic N) is 2. The quantitative estimate of drug-likeness (QED) is 0.881. The molecule has 0 bridgehead atoms. The molecule has 0 aromatic carbocycles. The molecule has 112 valence electrons. The topological polar surface area (TPSA) is 84.2 Å². The number of aromatic nitrogens is 2. The predicted molar refractivity (Wildman–Crippen MR) is 80.3 cm³/mol. The van der Waals surface area contributed by atoms with Gasteiger partial charge in [0.1, 0.15) is 11.4 Å². The predicted octanol–water partition coefficient (Wildman–Crippen LogP) is 0.878. The minimum Gasteiger partial charge on any atom is -0.391 e. The number of aliphatic hydroxyl groups is 1. The third-order valence-corrected chi connectivity index (χ3v) is 4.66. The maximum absolute atomic E-state index is 12.2. The number of thiophene rings is 1. The summed E-state index contributed by atoms with van der Waals surface area (Å²) in [4.78, 5) is 29.1. The number of hydrogen-bond donors (Lipinski definition) is 2. The van der Waals surface area contributed by atoms with Gasteiger partial charge in [0.15, 0.2) is 0 Å². The van der Waals surface area contributed by atoms with Gasteiger partial charge in [0.25, 0.3) is 5.56 Å².